The van der Waals surface area contributed by atoms with Gasteiger partial charge in [0.2, 0.25) is 5.91 Å². The number of pyridine rings is 3. The van der Waals surface area contributed by atoms with E-state index in [0.717, 1.165) is 39.0 Å². The normalized spacial score (nSPS) is 10.8. The van der Waals surface area contributed by atoms with Gasteiger partial charge in [0.05, 0.1) is 23.5 Å². The molecule has 33 heavy (non-hydrogen) atoms. The first-order valence-electron chi connectivity index (χ1n) is 10.6. The monoisotopic (exact) mass is 431 g/mol. The van der Waals surface area contributed by atoms with Crippen LogP contribution < -0.4 is 11.1 Å². The Morgan fingerprint density at radius 1 is 0.879 bits per heavy atom. The fraction of sp³-hybridized carbons (Fsp3) is 0.0370. The molecule has 0 atom stereocenters. The summed E-state index contributed by atoms with van der Waals surface area (Å²) in [5, 5.41) is 5.51. The van der Waals surface area contributed by atoms with Crippen LogP contribution in [-0.4, -0.2) is 20.9 Å². The molecule has 5 aromatic rings. The van der Waals surface area contributed by atoms with Crippen molar-refractivity contribution in [3.05, 3.63) is 109 Å². The Balaban J connectivity index is 1.68. The topological polar surface area (TPSA) is 93.8 Å². The van der Waals surface area contributed by atoms with E-state index in [0.29, 0.717) is 17.8 Å². The van der Waals surface area contributed by atoms with Crippen LogP contribution in [0.5, 0.6) is 0 Å². The van der Waals surface area contributed by atoms with Crippen molar-refractivity contribution in [2.45, 2.75) is 6.54 Å². The second-order valence-corrected chi connectivity index (χ2v) is 7.63. The summed E-state index contributed by atoms with van der Waals surface area (Å²) < 4.78 is 0. The van der Waals surface area contributed by atoms with E-state index >= 15 is 0 Å². The number of benzene rings is 2. The summed E-state index contributed by atoms with van der Waals surface area (Å²) in [6.45, 7) is 0.523. The summed E-state index contributed by atoms with van der Waals surface area (Å²) >= 11 is 0. The van der Waals surface area contributed by atoms with Gasteiger partial charge in [-0.2, -0.15) is 0 Å². The zero-order valence-electron chi connectivity index (χ0n) is 17.8. The first-order chi connectivity index (χ1) is 16.2. The molecule has 0 unspecified atom stereocenters. The fourth-order valence-electron chi connectivity index (χ4n) is 3.84. The van der Waals surface area contributed by atoms with Gasteiger partial charge in [0.15, 0.2) is 0 Å². The summed E-state index contributed by atoms with van der Waals surface area (Å²) in [6.07, 6.45) is 4.92. The van der Waals surface area contributed by atoms with E-state index in [1.807, 2.05) is 48.5 Å². The lowest BCUT2D eigenvalue weighted by atomic mass is 9.97. The molecule has 6 nitrogen and oxygen atoms in total. The molecule has 6 heteroatoms. The fourth-order valence-corrected chi connectivity index (χ4v) is 3.84. The second-order valence-electron chi connectivity index (χ2n) is 7.63. The van der Waals surface area contributed by atoms with E-state index in [2.05, 4.69) is 39.6 Å². The minimum Gasteiger partial charge on any atom is -0.366 e. The lowest BCUT2D eigenvalue weighted by Crippen LogP contribution is -2.11. The molecule has 5 rings (SSSR count). The average Bonchev–Trinajstić information content (AvgIpc) is 2.88. The predicted octanol–water partition coefficient (Wildman–Crippen LogP) is 5.07. The summed E-state index contributed by atoms with van der Waals surface area (Å²) in [4.78, 5) is 25.2. The smallest absolute Gasteiger partial charge is 0.250 e. The minimum absolute atomic E-state index is 0.343. The molecule has 1 amide bonds. The number of anilines is 1. The number of carbonyl (C=O) groups excluding carboxylic acids is 1. The van der Waals surface area contributed by atoms with Crippen LogP contribution in [0, 0.1) is 0 Å². The van der Waals surface area contributed by atoms with E-state index in [1.165, 1.54) is 6.20 Å². The zero-order valence-corrected chi connectivity index (χ0v) is 17.8. The number of rotatable bonds is 6. The Labute approximate surface area is 191 Å². The SMILES string of the molecule is NC(=O)c1cncc(-c2cc3cccc(-c4ccccc4)c3c(NCc3ccccn3)n2)c1. The van der Waals surface area contributed by atoms with E-state index in [9.17, 15) is 4.79 Å². The van der Waals surface area contributed by atoms with Crippen LogP contribution >= 0.6 is 0 Å². The lowest BCUT2D eigenvalue weighted by Gasteiger charge is -2.15. The van der Waals surface area contributed by atoms with Crippen LogP contribution in [0.2, 0.25) is 0 Å². The van der Waals surface area contributed by atoms with Crippen molar-refractivity contribution < 1.29 is 4.79 Å². The number of nitrogens with two attached hydrogens (primary N) is 1. The van der Waals surface area contributed by atoms with Crippen LogP contribution in [-0.2, 0) is 6.54 Å². The van der Waals surface area contributed by atoms with E-state index in [-0.39, 0.29) is 0 Å². The minimum atomic E-state index is -0.523. The number of nitrogens with one attached hydrogen (secondary N) is 1. The van der Waals surface area contributed by atoms with Gasteiger partial charge in [-0.3, -0.25) is 14.8 Å². The van der Waals surface area contributed by atoms with Crippen molar-refractivity contribution >= 4 is 22.5 Å². The summed E-state index contributed by atoms with van der Waals surface area (Å²) in [7, 11) is 0. The molecule has 0 aliphatic carbocycles. The average molecular weight is 431 g/mol. The molecule has 160 valence electrons. The molecule has 3 heterocycles. The van der Waals surface area contributed by atoms with Gasteiger partial charge in [-0.25, -0.2) is 4.98 Å². The summed E-state index contributed by atoms with van der Waals surface area (Å²) in [5.41, 5.74) is 10.3. The van der Waals surface area contributed by atoms with Gasteiger partial charge in [-0.1, -0.05) is 54.6 Å². The Bertz CT molecular complexity index is 1440. The van der Waals surface area contributed by atoms with Crippen molar-refractivity contribution in [2.75, 3.05) is 5.32 Å². The van der Waals surface area contributed by atoms with Crippen molar-refractivity contribution in [3.63, 3.8) is 0 Å². The standard InChI is InChI=1S/C27H21N5O/c28-26(33)21-13-20(15-29-16-21)24-14-19-9-6-11-23(18-7-2-1-3-8-18)25(19)27(32-24)31-17-22-10-4-5-12-30-22/h1-16H,17H2,(H2,28,33)(H,31,32). The van der Waals surface area contributed by atoms with Crippen molar-refractivity contribution in [2.24, 2.45) is 5.73 Å². The predicted molar refractivity (Wildman–Crippen MR) is 130 cm³/mol. The van der Waals surface area contributed by atoms with Gasteiger partial charge < -0.3 is 11.1 Å². The Kier molecular flexibility index (Phi) is 5.47. The largest absolute Gasteiger partial charge is 0.366 e. The number of amides is 1. The van der Waals surface area contributed by atoms with Crippen LogP contribution in [0.25, 0.3) is 33.2 Å². The summed E-state index contributed by atoms with van der Waals surface area (Å²) in [6, 6.07) is 26.0. The molecule has 0 saturated carbocycles. The Hall–Kier alpha value is -4.58. The lowest BCUT2D eigenvalue weighted by molar-refractivity contribution is 0.1000. The number of aromatic nitrogens is 3. The first-order valence-corrected chi connectivity index (χ1v) is 10.6. The van der Waals surface area contributed by atoms with Crippen molar-refractivity contribution in [1.29, 1.82) is 0 Å². The molecule has 0 saturated heterocycles. The highest BCUT2D eigenvalue weighted by molar-refractivity contribution is 6.05. The van der Waals surface area contributed by atoms with Crippen LogP contribution in [0.1, 0.15) is 16.1 Å². The molecular weight excluding hydrogens is 410 g/mol. The summed E-state index contributed by atoms with van der Waals surface area (Å²) in [5.74, 6) is 0.210. The highest BCUT2D eigenvalue weighted by atomic mass is 16.1. The van der Waals surface area contributed by atoms with Crippen LogP contribution in [0.15, 0.2) is 97.5 Å². The molecule has 0 aliphatic heterocycles. The molecule has 0 aliphatic rings. The van der Waals surface area contributed by atoms with Gasteiger partial charge in [-0.15, -0.1) is 0 Å². The van der Waals surface area contributed by atoms with Gasteiger partial charge >= 0.3 is 0 Å². The second kappa shape index (κ2) is 8.88. The van der Waals surface area contributed by atoms with Crippen molar-refractivity contribution in [3.8, 4) is 22.4 Å². The zero-order chi connectivity index (χ0) is 22.6. The Morgan fingerprint density at radius 3 is 2.52 bits per heavy atom. The van der Waals surface area contributed by atoms with E-state index in [1.54, 1.807) is 18.5 Å². The van der Waals surface area contributed by atoms with Crippen LogP contribution in [0.4, 0.5) is 5.82 Å². The Morgan fingerprint density at radius 2 is 1.73 bits per heavy atom. The third-order valence-corrected chi connectivity index (χ3v) is 5.42. The molecule has 2 aromatic carbocycles. The molecule has 0 radical (unpaired) electrons. The number of carbonyl (C=O) groups is 1. The number of hydrogen-bond donors (Lipinski definition) is 2. The third kappa shape index (κ3) is 4.27. The van der Waals surface area contributed by atoms with Crippen molar-refractivity contribution in [1.82, 2.24) is 15.0 Å². The molecular formula is C27H21N5O. The number of fused-ring (bicyclic) bond motifs is 1. The number of hydrogen-bond acceptors (Lipinski definition) is 5. The number of primary amides is 1. The maximum absolute atomic E-state index is 11.7. The maximum Gasteiger partial charge on any atom is 0.250 e. The highest BCUT2D eigenvalue weighted by Gasteiger charge is 2.14. The molecule has 3 aromatic heterocycles. The first kappa shape index (κ1) is 20.3. The van der Waals surface area contributed by atoms with E-state index < -0.39 is 5.91 Å². The third-order valence-electron chi connectivity index (χ3n) is 5.42. The molecule has 0 spiro atoms. The van der Waals surface area contributed by atoms with Gasteiger partial charge in [-0.05, 0) is 40.8 Å². The molecule has 3 N–H and O–H groups in total. The maximum atomic E-state index is 11.7. The highest BCUT2D eigenvalue weighted by Crippen LogP contribution is 2.35. The number of nitrogens with zero attached hydrogens (tertiary/aromatic N) is 3. The van der Waals surface area contributed by atoms with Gasteiger partial charge in [0, 0.05) is 29.5 Å². The van der Waals surface area contributed by atoms with Gasteiger partial charge in [0.1, 0.15) is 5.82 Å². The molecule has 0 bridgehead atoms. The van der Waals surface area contributed by atoms with E-state index in [4.69, 9.17) is 10.7 Å². The molecule has 0 fully saturated rings. The quantitative estimate of drug-likeness (QED) is 0.391. The van der Waals surface area contributed by atoms with Crippen LogP contribution in [0.3, 0.4) is 0 Å². The van der Waals surface area contributed by atoms with Gasteiger partial charge in [0.25, 0.3) is 0 Å².